The predicted octanol–water partition coefficient (Wildman–Crippen LogP) is 5.94. The molecule has 0 fully saturated rings. The maximum atomic E-state index is 12.5. The van der Waals surface area contributed by atoms with E-state index in [1.54, 1.807) is 16.7 Å². The zero-order valence-corrected chi connectivity index (χ0v) is 20.8. The van der Waals surface area contributed by atoms with E-state index in [1.807, 2.05) is 61.6 Å². The van der Waals surface area contributed by atoms with E-state index in [0.29, 0.717) is 6.42 Å². The minimum absolute atomic E-state index is 0.0610. The fourth-order valence-electron chi connectivity index (χ4n) is 3.89. The molecule has 174 valence electrons. The van der Waals surface area contributed by atoms with Gasteiger partial charge in [0.05, 0.1) is 5.69 Å². The Morgan fingerprint density at radius 3 is 2.32 bits per heavy atom. The normalized spacial score (nSPS) is 10.9. The van der Waals surface area contributed by atoms with Gasteiger partial charge in [-0.15, -0.1) is 10.2 Å². The number of benzene rings is 3. The van der Waals surface area contributed by atoms with Crippen LogP contribution < -0.4 is 0 Å². The second-order valence-electron chi connectivity index (χ2n) is 8.40. The number of aryl methyl sites for hydroxylation is 1. The molecule has 5 nitrogen and oxygen atoms in total. The molecular weight excluding hydrogens is 440 g/mol. The molecule has 0 aliphatic carbocycles. The summed E-state index contributed by atoms with van der Waals surface area (Å²) in [6.07, 6.45) is 1.66. The van der Waals surface area contributed by atoms with Crippen molar-refractivity contribution in [2.24, 2.45) is 0 Å². The van der Waals surface area contributed by atoms with Gasteiger partial charge in [0.25, 0.3) is 5.91 Å². The third-order valence-corrected chi connectivity index (χ3v) is 6.74. The van der Waals surface area contributed by atoms with Crippen LogP contribution in [-0.4, -0.2) is 39.2 Å². The first-order valence-corrected chi connectivity index (χ1v) is 12.6. The minimum Gasteiger partial charge on any atom is -0.342 e. The molecule has 4 aromatic rings. The van der Waals surface area contributed by atoms with E-state index in [0.717, 1.165) is 46.5 Å². The van der Waals surface area contributed by atoms with Crippen LogP contribution >= 0.6 is 11.8 Å². The van der Waals surface area contributed by atoms with E-state index >= 15 is 0 Å². The van der Waals surface area contributed by atoms with Crippen molar-refractivity contribution in [3.05, 3.63) is 107 Å². The standard InChI is InChI=1S/C28H30N4OS/c1-4-18-31(3)27(33)24-16-14-23(15-17-24)20-34-28-30-29-26(19-22-11-6-5-7-12-22)32(28)25-13-9-8-10-21(25)2/h5-17H,4,18-20H2,1-3H3. The Kier molecular flexibility index (Phi) is 7.80. The monoisotopic (exact) mass is 470 g/mol. The number of aromatic nitrogens is 3. The van der Waals surface area contributed by atoms with Crippen LogP contribution in [0.25, 0.3) is 5.69 Å². The zero-order chi connectivity index (χ0) is 23.9. The molecule has 6 heteroatoms. The quantitative estimate of drug-likeness (QED) is 0.284. The lowest BCUT2D eigenvalue weighted by molar-refractivity contribution is 0.0795. The second kappa shape index (κ2) is 11.2. The maximum Gasteiger partial charge on any atom is 0.253 e. The number of hydrogen-bond donors (Lipinski definition) is 0. The van der Waals surface area contributed by atoms with Crippen molar-refractivity contribution in [1.29, 1.82) is 0 Å². The molecule has 3 aromatic carbocycles. The molecule has 0 saturated heterocycles. The molecule has 1 aromatic heterocycles. The molecule has 34 heavy (non-hydrogen) atoms. The van der Waals surface area contributed by atoms with E-state index < -0.39 is 0 Å². The Hall–Kier alpha value is -3.38. The maximum absolute atomic E-state index is 12.5. The molecule has 0 bridgehead atoms. The van der Waals surface area contributed by atoms with Gasteiger partial charge in [-0.25, -0.2) is 0 Å². The predicted molar refractivity (Wildman–Crippen MR) is 139 cm³/mol. The molecular formula is C28H30N4OS. The summed E-state index contributed by atoms with van der Waals surface area (Å²) in [7, 11) is 1.85. The average molecular weight is 471 g/mol. The third-order valence-electron chi connectivity index (χ3n) is 5.74. The molecule has 0 atom stereocenters. The van der Waals surface area contributed by atoms with Crippen molar-refractivity contribution in [2.75, 3.05) is 13.6 Å². The topological polar surface area (TPSA) is 51.0 Å². The van der Waals surface area contributed by atoms with Gasteiger partial charge < -0.3 is 4.90 Å². The first-order chi connectivity index (χ1) is 16.6. The Morgan fingerprint density at radius 1 is 0.912 bits per heavy atom. The minimum atomic E-state index is 0.0610. The molecule has 0 unspecified atom stereocenters. The SMILES string of the molecule is CCCN(C)C(=O)c1ccc(CSc2nnc(Cc3ccccc3)n2-c2ccccc2C)cc1. The lowest BCUT2D eigenvalue weighted by Crippen LogP contribution is -2.27. The summed E-state index contributed by atoms with van der Waals surface area (Å²) in [5.74, 6) is 1.73. The summed E-state index contributed by atoms with van der Waals surface area (Å²) >= 11 is 1.66. The van der Waals surface area contributed by atoms with Crippen molar-refractivity contribution < 1.29 is 4.79 Å². The lowest BCUT2D eigenvalue weighted by Gasteiger charge is -2.16. The molecule has 0 saturated carbocycles. The van der Waals surface area contributed by atoms with Crippen molar-refractivity contribution >= 4 is 17.7 Å². The largest absolute Gasteiger partial charge is 0.342 e. The van der Waals surface area contributed by atoms with Gasteiger partial charge in [-0.3, -0.25) is 9.36 Å². The first kappa shape index (κ1) is 23.8. The number of amides is 1. The fourth-order valence-corrected chi connectivity index (χ4v) is 4.81. The number of carbonyl (C=O) groups excluding carboxylic acids is 1. The van der Waals surface area contributed by atoms with Gasteiger partial charge in [0.15, 0.2) is 5.16 Å². The summed E-state index contributed by atoms with van der Waals surface area (Å²) in [6, 6.07) is 26.6. The van der Waals surface area contributed by atoms with E-state index in [1.165, 1.54) is 11.1 Å². The van der Waals surface area contributed by atoms with Crippen molar-refractivity contribution in [2.45, 2.75) is 37.6 Å². The number of rotatable bonds is 9. The van der Waals surface area contributed by atoms with Gasteiger partial charge in [0.1, 0.15) is 5.82 Å². The van der Waals surface area contributed by atoms with Crippen molar-refractivity contribution in [3.8, 4) is 5.69 Å². The van der Waals surface area contributed by atoms with E-state index in [9.17, 15) is 4.79 Å². The summed E-state index contributed by atoms with van der Waals surface area (Å²) < 4.78 is 2.17. The van der Waals surface area contributed by atoms with Crippen molar-refractivity contribution in [3.63, 3.8) is 0 Å². The highest BCUT2D eigenvalue weighted by molar-refractivity contribution is 7.98. The molecule has 1 amide bonds. The van der Waals surface area contributed by atoms with E-state index in [4.69, 9.17) is 0 Å². The number of carbonyl (C=O) groups is 1. The van der Waals surface area contributed by atoms with Crippen molar-refractivity contribution in [1.82, 2.24) is 19.7 Å². The summed E-state index contributed by atoms with van der Waals surface area (Å²) in [5, 5.41) is 9.97. The molecule has 4 rings (SSSR count). The Labute approximate surface area is 205 Å². The van der Waals surface area contributed by atoms with Gasteiger partial charge in [0.2, 0.25) is 0 Å². The average Bonchev–Trinajstić information content (AvgIpc) is 3.25. The van der Waals surface area contributed by atoms with Crippen LogP contribution in [0.2, 0.25) is 0 Å². The Balaban J connectivity index is 1.55. The first-order valence-electron chi connectivity index (χ1n) is 11.6. The Morgan fingerprint density at radius 2 is 1.62 bits per heavy atom. The number of hydrogen-bond acceptors (Lipinski definition) is 4. The van der Waals surface area contributed by atoms with Crippen LogP contribution in [0, 0.1) is 6.92 Å². The summed E-state index contributed by atoms with van der Waals surface area (Å²) in [5.41, 5.74) is 5.34. The van der Waals surface area contributed by atoms with Gasteiger partial charge in [0, 0.05) is 31.3 Å². The highest BCUT2D eigenvalue weighted by Gasteiger charge is 2.17. The van der Waals surface area contributed by atoms with Crippen LogP contribution in [0.1, 0.15) is 46.2 Å². The van der Waals surface area contributed by atoms with Crippen LogP contribution in [0.15, 0.2) is 84.0 Å². The Bertz CT molecular complexity index is 1240. The van der Waals surface area contributed by atoms with Gasteiger partial charge in [-0.05, 0) is 48.2 Å². The highest BCUT2D eigenvalue weighted by atomic mass is 32.2. The van der Waals surface area contributed by atoms with Crippen LogP contribution in [0.4, 0.5) is 0 Å². The van der Waals surface area contributed by atoms with E-state index in [-0.39, 0.29) is 5.91 Å². The zero-order valence-electron chi connectivity index (χ0n) is 19.9. The highest BCUT2D eigenvalue weighted by Crippen LogP contribution is 2.28. The van der Waals surface area contributed by atoms with E-state index in [2.05, 4.69) is 52.9 Å². The fraction of sp³-hybridized carbons (Fsp3) is 0.250. The molecule has 1 heterocycles. The molecule has 0 aliphatic heterocycles. The summed E-state index contributed by atoms with van der Waals surface area (Å²) in [4.78, 5) is 14.3. The van der Waals surface area contributed by atoms with Gasteiger partial charge >= 0.3 is 0 Å². The van der Waals surface area contributed by atoms with Crippen LogP contribution in [-0.2, 0) is 12.2 Å². The summed E-state index contributed by atoms with van der Waals surface area (Å²) in [6.45, 7) is 4.95. The lowest BCUT2D eigenvalue weighted by atomic mass is 10.1. The molecule has 0 aliphatic rings. The van der Waals surface area contributed by atoms with Gasteiger partial charge in [-0.1, -0.05) is 79.3 Å². The van der Waals surface area contributed by atoms with Crippen LogP contribution in [0.5, 0.6) is 0 Å². The molecule has 0 spiro atoms. The third kappa shape index (κ3) is 5.57. The smallest absolute Gasteiger partial charge is 0.253 e. The molecule has 0 N–H and O–H groups in total. The number of para-hydroxylation sites is 1. The number of thioether (sulfide) groups is 1. The second-order valence-corrected chi connectivity index (χ2v) is 9.34. The van der Waals surface area contributed by atoms with Crippen LogP contribution in [0.3, 0.4) is 0 Å². The number of nitrogens with zero attached hydrogens (tertiary/aromatic N) is 4. The van der Waals surface area contributed by atoms with Gasteiger partial charge in [-0.2, -0.15) is 0 Å². The molecule has 0 radical (unpaired) electrons.